The van der Waals surface area contributed by atoms with E-state index in [1.807, 2.05) is 6.07 Å². The molecular weight excluding hydrogens is 358 g/mol. The number of esters is 1. The minimum absolute atomic E-state index is 0.188. The molecule has 0 aromatic carbocycles. The first-order chi connectivity index (χ1) is 12.4. The van der Waals surface area contributed by atoms with Crippen molar-refractivity contribution in [2.75, 3.05) is 12.4 Å². The molecule has 26 heavy (non-hydrogen) atoms. The molecule has 1 amide bonds. The van der Waals surface area contributed by atoms with Gasteiger partial charge in [-0.15, -0.1) is 11.3 Å². The minimum atomic E-state index is -0.487. The molecule has 0 spiro atoms. The first kappa shape index (κ1) is 17.4. The van der Waals surface area contributed by atoms with Gasteiger partial charge in [0.2, 0.25) is 5.91 Å². The second-order valence-electron chi connectivity index (χ2n) is 5.32. The van der Waals surface area contributed by atoms with Crippen molar-refractivity contribution in [3.05, 3.63) is 50.4 Å². The van der Waals surface area contributed by atoms with Crippen LogP contribution in [0.1, 0.15) is 26.5 Å². The maximum absolute atomic E-state index is 12.5. The second-order valence-corrected chi connectivity index (χ2v) is 6.40. The third kappa shape index (κ3) is 3.07. The zero-order chi connectivity index (χ0) is 18.8. The number of hydrogen-bond acceptors (Lipinski definition) is 7. The Hall–Kier alpha value is -3.45. The smallest absolute Gasteiger partial charge is 0.348 e. The van der Waals surface area contributed by atoms with E-state index in [9.17, 15) is 14.4 Å². The van der Waals surface area contributed by atoms with Crippen molar-refractivity contribution < 1.29 is 14.3 Å². The lowest BCUT2D eigenvalue weighted by molar-refractivity contribution is -0.115. The molecule has 3 rings (SSSR count). The van der Waals surface area contributed by atoms with Crippen LogP contribution >= 0.6 is 11.3 Å². The summed E-state index contributed by atoms with van der Waals surface area (Å²) in [4.78, 5) is 40.9. The topological polar surface area (TPSA) is 129 Å². The fourth-order valence-electron chi connectivity index (χ4n) is 2.40. The van der Waals surface area contributed by atoms with Crippen LogP contribution in [0.3, 0.4) is 0 Å². The summed E-state index contributed by atoms with van der Waals surface area (Å²) in [7, 11) is 1.28. The minimum Gasteiger partial charge on any atom is -0.465 e. The number of aromatic nitrogens is 3. The van der Waals surface area contributed by atoms with Gasteiger partial charge in [0.05, 0.1) is 18.5 Å². The average molecular weight is 371 g/mol. The Morgan fingerprint density at radius 1 is 1.46 bits per heavy atom. The number of fused-ring (bicyclic) bond motifs is 1. The van der Waals surface area contributed by atoms with Crippen LogP contribution in [0.25, 0.3) is 5.65 Å². The molecule has 3 aromatic rings. The fourth-order valence-corrected chi connectivity index (χ4v) is 3.24. The van der Waals surface area contributed by atoms with Crippen molar-refractivity contribution in [2.45, 2.75) is 13.3 Å². The van der Waals surface area contributed by atoms with Crippen molar-refractivity contribution in [3.63, 3.8) is 0 Å². The third-order valence-electron chi connectivity index (χ3n) is 3.68. The van der Waals surface area contributed by atoms with E-state index >= 15 is 0 Å². The molecule has 0 bridgehead atoms. The summed E-state index contributed by atoms with van der Waals surface area (Å²) in [6.07, 6.45) is 1.19. The Bertz CT molecular complexity index is 1120. The number of methoxy groups -OCH3 is 1. The Labute approximate surface area is 150 Å². The Kier molecular flexibility index (Phi) is 4.55. The number of hydrogen-bond donors (Lipinski definition) is 2. The Morgan fingerprint density at radius 2 is 2.23 bits per heavy atom. The predicted octanol–water partition coefficient (Wildman–Crippen LogP) is 1.23. The second kappa shape index (κ2) is 6.81. The van der Waals surface area contributed by atoms with E-state index < -0.39 is 17.4 Å². The molecule has 9 nitrogen and oxygen atoms in total. The normalized spacial score (nSPS) is 10.5. The van der Waals surface area contributed by atoms with Crippen LogP contribution < -0.4 is 10.9 Å². The molecule has 0 aliphatic rings. The summed E-state index contributed by atoms with van der Waals surface area (Å²) >= 11 is 1.07. The highest BCUT2D eigenvalue weighted by Crippen LogP contribution is 2.22. The predicted molar refractivity (Wildman–Crippen MR) is 93.3 cm³/mol. The van der Waals surface area contributed by atoms with E-state index in [1.54, 1.807) is 19.1 Å². The van der Waals surface area contributed by atoms with Gasteiger partial charge in [0.25, 0.3) is 5.56 Å². The van der Waals surface area contributed by atoms with Gasteiger partial charge >= 0.3 is 5.97 Å². The van der Waals surface area contributed by atoms with E-state index in [4.69, 9.17) is 5.26 Å². The maximum atomic E-state index is 12.5. The molecule has 0 radical (unpaired) electrons. The van der Waals surface area contributed by atoms with Crippen molar-refractivity contribution in [2.24, 2.45) is 0 Å². The zero-order valence-electron chi connectivity index (χ0n) is 13.8. The quantitative estimate of drug-likeness (QED) is 0.664. The number of ether oxygens (including phenoxy) is 1. The monoisotopic (exact) mass is 371 g/mol. The number of aromatic amines is 1. The molecular formula is C16H13N5O4S. The van der Waals surface area contributed by atoms with Crippen LogP contribution in [0.15, 0.2) is 23.1 Å². The van der Waals surface area contributed by atoms with Gasteiger partial charge in [0.1, 0.15) is 16.5 Å². The van der Waals surface area contributed by atoms with Crippen LogP contribution in [-0.4, -0.2) is 33.6 Å². The molecule has 0 aliphatic carbocycles. The molecule has 3 heterocycles. The Morgan fingerprint density at radius 3 is 2.92 bits per heavy atom. The molecule has 0 unspecified atom stereocenters. The number of carbonyl (C=O) groups excluding carboxylic acids is 2. The number of anilines is 1. The highest BCUT2D eigenvalue weighted by molar-refractivity contribution is 7.18. The number of amides is 1. The summed E-state index contributed by atoms with van der Waals surface area (Å²) < 4.78 is 5.75. The van der Waals surface area contributed by atoms with Crippen LogP contribution in [0.4, 0.5) is 5.00 Å². The van der Waals surface area contributed by atoms with Gasteiger partial charge in [-0.2, -0.15) is 5.26 Å². The number of nitrogens with one attached hydrogen (secondary N) is 2. The summed E-state index contributed by atoms with van der Waals surface area (Å²) in [6.45, 7) is 1.61. The number of thiophene rings is 1. The van der Waals surface area contributed by atoms with Gasteiger partial charge in [0, 0.05) is 17.5 Å². The number of H-pyrrole nitrogens is 1. The summed E-state index contributed by atoms with van der Waals surface area (Å²) in [5.41, 5.74) is 0.625. The zero-order valence-corrected chi connectivity index (χ0v) is 14.6. The summed E-state index contributed by atoms with van der Waals surface area (Å²) in [5.74, 6) is -0.906. The molecule has 0 aliphatic heterocycles. The molecule has 3 aromatic heterocycles. The lowest BCUT2D eigenvalue weighted by atomic mass is 10.1. The van der Waals surface area contributed by atoms with Gasteiger partial charge < -0.3 is 10.1 Å². The molecule has 0 atom stereocenters. The van der Waals surface area contributed by atoms with Gasteiger partial charge in [-0.25, -0.2) is 14.3 Å². The molecule has 0 fully saturated rings. The lowest BCUT2D eigenvalue weighted by Crippen LogP contribution is -2.26. The van der Waals surface area contributed by atoms with Crippen molar-refractivity contribution >= 4 is 33.9 Å². The number of nitriles is 1. The number of carbonyl (C=O) groups is 2. The molecule has 10 heteroatoms. The first-order valence-electron chi connectivity index (χ1n) is 7.42. The van der Waals surface area contributed by atoms with E-state index in [0.29, 0.717) is 15.6 Å². The Balaban J connectivity index is 1.83. The molecule has 132 valence electrons. The molecule has 2 N–H and O–H groups in total. The standard InChI is InChI=1S/C16H13N5O4S/c1-8-10(15(23)21-14(19-8)9(6-17)7-18-21)5-12(22)20-13-4-3-11(26-13)16(24)25-2/h3-4,7,18H,5H2,1-2H3,(H,20,22). The largest absolute Gasteiger partial charge is 0.465 e. The van der Waals surface area contributed by atoms with Gasteiger partial charge in [-0.1, -0.05) is 0 Å². The van der Waals surface area contributed by atoms with E-state index in [-0.39, 0.29) is 23.2 Å². The molecule has 0 saturated heterocycles. The SMILES string of the molecule is COC(=O)c1ccc(NC(=O)Cc2c(C)nc3c(C#N)c[nH]n3c2=O)s1. The first-order valence-corrected chi connectivity index (χ1v) is 8.24. The molecule has 0 saturated carbocycles. The highest BCUT2D eigenvalue weighted by Gasteiger charge is 2.17. The third-order valence-corrected chi connectivity index (χ3v) is 4.66. The summed E-state index contributed by atoms with van der Waals surface area (Å²) in [6, 6.07) is 5.07. The van der Waals surface area contributed by atoms with Crippen molar-refractivity contribution in [1.29, 1.82) is 5.26 Å². The van der Waals surface area contributed by atoms with Crippen LogP contribution in [0.2, 0.25) is 0 Å². The van der Waals surface area contributed by atoms with Gasteiger partial charge in [-0.05, 0) is 19.1 Å². The number of aryl methyl sites for hydroxylation is 1. The summed E-state index contributed by atoms with van der Waals surface area (Å²) in [5, 5.41) is 14.8. The van der Waals surface area contributed by atoms with Crippen LogP contribution in [0, 0.1) is 18.3 Å². The lowest BCUT2D eigenvalue weighted by Gasteiger charge is -2.06. The average Bonchev–Trinajstić information content (AvgIpc) is 3.24. The van der Waals surface area contributed by atoms with Gasteiger partial charge in [-0.3, -0.25) is 14.7 Å². The fraction of sp³-hybridized carbons (Fsp3) is 0.188. The number of nitrogens with zero attached hydrogens (tertiary/aromatic N) is 3. The van der Waals surface area contributed by atoms with Crippen LogP contribution in [0.5, 0.6) is 0 Å². The van der Waals surface area contributed by atoms with E-state index in [1.165, 1.54) is 13.3 Å². The number of rotatable bonds is 4. The maximum Gasteiger partial charge on any atom is 0.348 e. The van der Waals surface area contributed by atoms with Crippen molar-refractivity contribution in [3.8, 4) is 6.07 Å². The van der Waals surface area contributed by atoms with Crippen LogP contribution in [-0.2, 0) is 16.0 Å². The van der Waals surface area contributed by atoms with Crippen molar-refractivity contribution in [1.82, 2.24) is 14.6 Å². The van der Waals surface area contributed by atoms with E-state index in [2.05, 4.69) is 20.1 Å². The highest BCUT2D eigenvalue weighted by atomic mass is 32.1. The van der Waals surface area contributed by atoms with E-state index in [0.717, 1.165) is 15.9 Å². The van der Waals surface area contributed by atoms with Gasteiger partial charge in [0.15, 0.2) is 5.65 Å².